The lowest BCUT2D eigenvalue weighted by molar-refractivity contribution is -0.124. The van der Waals surface area contributed by atoms with Crippen LogP contribution in [0.15, 0.2) is 84.9 Å². The van der Waals surface area contributed by atoms with Gasteiger partial charge in [-0.2, -0.15) is 0 Å². The van der Waals surface area contributed by atoms with Crippen molar-refractivity contribution in [1.29, 1.82) is 0 Å². The molecule has 4 aromatic carbocycles. The second-order valence-electron chi connectivity index (χ2n) is 10.7. The minimum atomic E-state index is -0.842. The van der Waals surface area contributed by atoms with Crippen LogP contribution in [0.25, 0.3) is 6.08 Å². The van der Waals surface area contributed by atoms with Gasteiger partial charge >= 0.3 is 0 Å². The Morgan fingerprint density at radius 1 is 0.800 bits per heavy atom. The monoisotopic (exact) mass is 610 g/mol. The third-order valence-corrected chi connectivity index (χ3v) is 7.54. The molecule has 0 fully saturated rings. The highest BCUT2D eigenvalue weighted by atomic mass is 16.5. The summed E-state index contributed by atoms with van der Waals surface area (Å²) in [7, 11) is 1.48. The third-order valence-electron chi connectivity index (χ3n) is 7.54. The molecule has 0 spiro atoms. The zero-order chi connectivity index (χ0) is 31.9. The van der Waals surface area contributed by atoms with Crippen molar-refractivity contribution in [2.45, 2.75) is 24.9 Å². The topological polar surface area (TPSA) is 158 Å². The van der Waals surface area contributed by atoms with Gasteiger partial charge < -0.3 is 40.5 Å². The summed E-state index contributed by atoms with van der Waals surface area (Å²) in [6.45, 7) is 0.729. The molecule has 4 aromatic rings. The van der Waals surface area contributed by atoms with Gasteiger partial charge in [-0.3, -0.25) is 9.59 Å². The molecule has 0 radical (unpaired) electrons. The van der Waals surface area contributed by atoms with Crippen LogP contribution < -0.4 is 20.1 Å². The molecule has 1 heterocycles. The van der Waals surface area contributed by atoms with Crippen LogP contribution in [0.5, 0.6) is 34.5 Å². The van der Waals surface area contributed by atoms with Crippen LogP contribution in [-0.4, -0.2) is 52.4 Å². The highest BCUT2D eigenvalue weighted by Gasteiger charge is 2.42. The van der Waals surface area contributed by atoms with E-state index in [9.17, 15) is 30.0 Å². The Hall–Kier alpha value is -5.64. The molecule has 0 aromatic heterocycles. The Bertz CT molecular complexity index is 1700. The molecule has 6 N–H and O–H groups in total. The molecule has 0 bridgehead atoms. The molecular formula is C35H34N2O8. The molecule has 10 nitrogen and oxygen atoms in total. The van der Waals surface area contributed by atoms with Crippen molar-refractivity contribution in [3.63, 3.8) is 0 Å². The maximum atomic E-state index is 13.7. The highest BCUT2D eigenvalue weighted by Crippen LogP contribution is 2.51. The SMILES string of the molecule is COc1cc(C=CC(=O)NCCc2ccc(O)cc2)cc2c1O[C@H](c1ccc(O)c(O)c1)[C@H]2C(=O)NCCc1ccc(O)cc1. The first-order valence-electron chi connectivity index (χ1n) is 14.4. The van der Waals surface area contributed by atoms with E-state index in [1.807, 2.05) is 0 Å². The summed E-state index contributed by atoms with van der Waals surface area (Å²) >= 11 is 0. The number of nitrogens with one attached hydrogen (secondary N) is 2. The Morgan fingerprint density at radius 3 is 2.02 bits per heavy atom. The van der Waals surface area contributed by atoms with Crippen molar-refractivity contribution in [2.24, 2.45) is 0 Å². The van der Waals surface area contributed by atoms with Crippen LogP contribution in [0.4, 0.5) is 0 Å². The van der Waals surface area contributed by atoms with Gasteiger partial charge in [0.25, 0.3) is 0 Å². The van der Waals surface area contributed by atoms with Gasteiger partial charge in [0.15, 0.2) is 23.0 Å². The number of methoxy groups -OCH3 is 1. The van der Waals surface area contributed by atoms with Crippen LogP contribution in [0, 0.1) is 0 Å². The van der Waals surface area contributed by atoms with Crippen LogP contribution in [0.2, 0.25) is 0 Å². The van der Waals surface area contributed by atoms with Crippen LogP contribution >= 0.6 is 0 Å². The standard InChI is InChI=1S/C35H34N2O8/c1-44-30-19-23(6-13-31(42)36-16-14-21-2-8-25(38)9-3-21)18-27-32(35(43)37-17-15-22-4-10-26(39)11-5-22)33(45-34(27)30)24-7-12-28(40)29(41)20-24/h2-13,18-20,32-33,38-41H,14-17H2,1H3,(H,36,42)(H,37,43)/t32-,33+/m0/s1. The fourth-order valence-corrected chi connectivity index (χ4v) is 5.19. The average Bonchev–Trinajstić information content (AvgIpc) is 3.42. The van der Waals surface area contributed by atoms with Crippen molar-refractivity contribution < 1.29 is 39.5 Å². The lowest BCUT2D eigenvalue weighted by Crippen LogP contribution is -2.33. The van der Waals surface area contributed by atoms with E-state index in [4.69, 9.17) is 9.47 Å². The Morgan fingerprint density at radius 2 is 1.42 bits per heavy atom. The lowest BCUT2D eigenvalue weighted by Gasteiger charge is -2.20. The molecule has 0 aliphatic carbocycles. The zero-order valence-electron chi connectivity index (χ0n) is 24.6. The molecule has 232 valence electrons. The number of benzene rings is 4. The number of fused-ring (bicyclic) bond motifs is 1. The number of carbonyl (C=O) groups is 2. The predicted octanol–water partition coefficient (Wildman–Crippen LogP) is 4.47. The molecule has 45 heavy (non-hydrogen) atoms. The van der Waals surface area contributed by atoms with Crippen molar-refractivity contribution in [3.8, 4) is 34.5 Å². The number of hydrogen-bond acceptors (Lipinski definition) is 8. The van der Waals surface area contributed by atoms with Gasteiger partial charge in [-0.05, 0) is 89.7 Å². The largest absolute Gasteiger partial charge is 0.508 e. The van der Waals surface area contributed by atoms with Gasteiger partial charge in [-0.15, -0.1) is 0 Å². The van der Waals surface area contributed by atoms with Gasteiger partial charge in [0.2, 0.25) is 11.8 Å². The molecule has 1 aliphatic heterocycles. The molecule has 5 rings (SSSR count). The maximum absolute atomic E-state index is 13.7. The highest BCUT2D eigenvalue weighted by molar-refractivity contribution is 5.92. The lowest BCUT2D eigenvalue weighted by atomic mass is 9.89. The van der Waals surface area contributed by atoms with E-state index in [2.05, 4.69) is 10.6 Å². The fraction of sp³-hybridized carbons (Fsp3) is 0.200. The molecule has 0 unspecified atom stereocenters. The quantitative estimate of drug-likeness (QED) is 0.107. The number of hydrogen-bond donors (Lipinski definition) is 6. The van der Waals surface area contributed by atoms with Crippen LogP contribution in [-0.2, 0) is 22.4 Å². The van der Waals surface area contributed by atoms with Crippen molar-refractivity contribution >= 4 is 17.9 Å². The summed E-state index contributed by atoms with van der Waals surface area (Å²) in [5.74, 6) is -1.02. The molecule has 10 heteroatoms. The summed E-state index contributed by atoms with van der Waals surface area (Å²) in [6.07, 6.45) is 3.32. The van der Waals surface area contributed by atoms with Gasteiger partial charge in [0, 0.05) is 24.7 Å². The fourth-order valence-electron chi connectivity index (χ4n) is 5.19. The number of ether oxygens (including phenoxy) is 2. The number of phenols is 4. The van der Waals surface area contributed by atoms with E-state index in [0.29, 0.717) is 54.1 Å². The maximum Gasteiger partial charge on any atom is 0.244 e. The summed E-state index contributed by atoms with van der Waals surface area (Å²) in [6, 6.07) is 21.3. The van der Waals surface area contributed by atoms with E-state index >= 15 is 0 Å². The van der Waals surface area contributed by atoms with E-state index in [1.54, 1.807) is 72.8 Å². The normalized spacial score (nSPS) is 15.3. The van der Waals surface area contributed by atoms with Crippen molar-refractivity contribution in [2.75, 3.05) is 20.2 Å². The van der Waals surface area contributed by atoms with E-state index < -0.39 is 12.0 Å². The van der Waals surface area contributed by atoms with E-state index in [0.717, 1.165) is 11.1 Å². The number of carbonyl (C=O) groups excluding carboxylic acids is 2. The van der Waals surface area contributed by atoms with Gasteiger partial charge in [0.05, 0.1) is 7.11 Å². The third kappa shape index (κ3) is 7.48. The number of rotatable bonds is 11. The first-order chi connectivity index (χ1) is 21.7. The molecule has 0 saturated carbocycles. The zero-order valence-corrected chi connectivity index (χ0v) is 24.6. The molecule has 2 amide bonds. The Kier molecular flexibility index (Phi) is 9.43. The molecule has 1 aliphatic rings. The molecular weight excluding hydrogens is 576 g/mol. The van der Waals surface area contributed by atoms with Gasteiger partial charge in [-0.25, -0.2) is 0 Å². The van der Waals surface area contributed by atoms with Crippen molar-refractivity contribution in [1.82, 2.24) is 10.6 Å². The smallest absolute Gasteiger partial charge is 0.244 e. The molecule has 2 atom stereocenters. The van der Waals surface area contributed by atoms with E-state index in [-0.39, 0.29) is 34.8 Å². The summed E-state index contributed by atoms with van der Waals surface area (Å²) < 4.78 is 11.9. The minimum absolute atomic E-state index is 0.160. The number of aromatic hydroxyl groups is 4. The van der Waals surface area contributed by atoms with E-state index in [1.165, 1.54) is 25.3 Å². The number of amides is 2. The van der Waals surface area contributed by atoms with Gasteiger partial charge in [-0.1, -0.05) is 30.3 Å². The minimum Gasteiger partial charge on any atom is -0.508 e. The average molecular weight is 611 g/mol. The first-order valence-corrected chi connectivity index (χ1v) is 14.4. The Balaban J connectivity index is 1.35. The summed E-state index contributed by atoms with van der Waals surface area (Å²) in [5.41, 5.74) is 3.55. The molecule has 0 saturated heterocycles. The second-order valence-corrected chi connectivity index (χ2v) is 10.7. The number of phenolic OH excluding ortho intramolecular Hbond substituents is 4. The summed E-state index contributed by atoms with van der Waals surface area (Å²) in [5, 5.41) is 44.8. The predicted molar refractivity (Wildman–Crippen MR) is 168 cm³/mol. The van der Waals surface area contributed by atoms with Crippen molar-refractivity contribution in [3.05, 3.63) is 113 Å². The van der Waals surface area contributed by atoms with Crippen LogP contribution in [0.1, 0.15) is 39.8 Å². The van der Waals surface area contributed by atoms with Gasteiger partial charge in [0.1, 0.15) is 23.5 Å². The summed E-state index contributed by atoms with van der Waals surface area (Å²) in [4.78, 5) is 26.3. The Labute approximate surface area is 260 Å². The first kappa shape index (κ1) is 30.8. The van der Waals surface area contributed by atoms with Crippen LogP contribution in [0.3, 0.4) is 0 Å². The second kappa shape index (κ2) is 13.8.